The molecule has 2 saturated carbocycles. The standard InChI is InChI=1S/C14H22N2O2/c1-2-4-11(5-3-1)9-17-14-16-13(10-18-14)8-15-12-6-7-12/h10-12,15H,1-9H2. The van der Waals surface area contributed by atoms with Gasteiger partial charge < -0.3 is 14.5 Å². The zero-order valence-corrected chi connectivity index (χ0v) is 10.9. The maximum atomic E-state index is 5.64. The van der Waals surface area contributed by atoms with Crippen LogP contribution in [0.1, 0.15) is 50.6 Å². The Balaban J connectivity index is 1.41. The van der Waals surface area contributed by atoms with Gasteiger partial charge in [-0.15, -0.1) is 0 Å². The third-order valence-electron chi connectivity index (χ3n) is 3.85. The Bertz CT molecular complexity index is 368. The molecule has 1 aromatic heterocycles. The second kappa shape index (κ2) is 5.74. The average Bonchev–Trinajstić information content (AvgIpc) is 3.14. The summed E-state index contributed by atoms with van der Waals surface area (Å²) in [5, 5.41) is 3.41. The van der Waals surface area contributed by atoms with Crippen molar-refractivity contribution in [3.8, 4) is 6.08 Å². The third kappa shape index (κ3) is 3.48. The van der Waals surface area contributed by atoms with Crippen molar-refractivity contribution in [3.05, 3.63) is 12.0 Å². The van der Waals surface area contributed by atoms with Crippen molar-refractivity contribution in [2.75, 3.05) is 6.61 Å². The van der Waals surface area contributed by atoms with Crippen LogP contribution in [0.5, 0.6) is 6.08 Å². The van der Waals surface area contributed by atoms with Gasteiger partial charge in [0.15, 0.2) is 0 Å². The van der Waals surface area contributed by atoms with Crippen molar-refractivity contribution in [2.24, 2.45) is 5.92 Å². The average molecular weight is 250 g/mol. The maximum Gasteiger partial charge on any atom is 0.393 e. The summed E-state index contributed by atoms with van der Waals surface area (Å²) in [5.41, 5.74) is 0.945. The first-order chi connectivity index (χ1) is 8.90. The molecule has 1 N–H and O–H groups in total. The van der Waals surface area contributed by atoms with E-state index in [1.165, 1.54) is 44.9 Å². The molecule has 0 radical (unpaired) electrons. The second-order valence-corrected chi connectivity index (χ2v) is 5.57. The lowest BCUT2D eigenvalue weighted by Gasteiger charge is -2.20. The zero-order chi connectivity index (χ0) is 12.2. The van der Waals surface area contributed by atoms with E-state index < -0.39 is 0 Å². The second-order valence-electron chi connectivity index (χ2n) is 5.57. The lowest BCUT2D eigenvalue weighted by atomic mass is 9.90. The molecule has 0 spiro atoms. The molecule has 4 nitrogen and oxygen atoms in total. The van der Waals surface area contributed by atoms with Gasteiger partial charge in [-0.2, -0.15) is 4.98 Å². The molecule has 2 aliphatic carbocycles. The van der Waals surface area contributed by atoms with Crippen molar-refractivity contribution < 1.29 is 9.15 Å². The molecule has 100 valence electrons. The fourth-order valence-electron chi connectivity index (χ4n) is 2.52. The summed E-state index contributed by atoms with van der Waals surface area (Å²) in [5.74, 6) is 0.693. The van der Waals surface area contributed by atoms with E-state index in [9.17, 15) is 0 Å². The van der Waals surface area contributed by atoms with Gasteiger partial charge in [-0.25, -0.2) is 0 Å². The highest BCUT2D eigenvalue weighted by Crippen LogP contribution is 2.24. The Kier molecular flexibility index (Phi) is 3.84. The highest BCUT2D eigenvalue weighted by Gasteiger charge is 2.21. The van der Waals surface area contributed by atoms with Gasteiger partial charge in [0.2, 0.25) is 0 Å². The maximum absolute atomic E-state index is 5.64. The van der Waals surface area contributed by atoms with Crippen molar-refractivity contribution >= 4 is 0 Å². The number of rotatable bonds is 6. The van der Waals surface area contributed by atoms with Gasteiger partial charge in [0.25, 0.3) is 0 Å². The number of oxazole rings is 1. The minimum Gasteiger partial charge on any atom is -0.450 e. The summed E-state index contributed by atoms with van der Waals surface area (Å²) in [4.78, 5) is 4.34. The molecule has 2 aliphatic rings. The monoisotopic (exact) mass is 250 g/mol. The van der Waals surface area contributed by atoms with Crippen molar-refractivity contribution in [3.63, 3.8) is 0 Å². The van der Waals surface area contributed by atoms with Crippen LogP contribution < -0.4 is 10.1 Å². The predicted octanol–water partition coefficient (Wildman–Crippen LogP) is 2.89. The third-order valence-corrected chi connectivity index (χ3v) is 3.85. The molecule has 0 bridgehead atoms. The van der Waals surface area contributed by atoms with E-state index in [2.05, 4.69) is 10.3 Å². The van der Waals surface area contributed by atoms with Crippen molar-refractivity contribution in [1.29, 1.82) is 0 Å². The summed E-state index contributed by atoms with van der Waals surface area (Å²) >= 11 is 0. The smallest absolute Gasteiger partial charge is 0.393 e. The summed E-state index contributed by atoms with van der Waals surface area (Å²) < 4.78 is 11.0. The molecular formula is C14H22N2O2. The van der Waals surface area contributed by atoms with Crippen molar-refractivity contribution in [1.82, 2.24) is 10.3 Å². The fourth-order valence-corrected chi connectivity index (χ4v) is 2.52. The van der Waals surface area contributed by atoms with E-state index in [4.69, 9.17) is 9.15 Å². The largest absolute Gasteiger partial charge is 0.450 e. The van der Waals surface area contributed by atoms with Crippen LogP contribution in [0.4, 0.5) is 0 Å². The first-order valence-corrected chi connectivity index (χ1v) is 7.21. The van der Waals surface area contributed by atoms with Crippen molar-refractivity contribution in [2.45, 2.75) is 57.5 Å². The van der Waals surface area contributed by atoms with Crippen LogP contribution in [-0.2, 0) is 6.54 Å². The molecule has 0 atom stereocenters. The lowest BCUT2D eigenvalue weighted by Crippen LogP contribution is -2.16. The van der Waals surface area contributed by atoms with Crippen LogP contribution in [0, 0.1) is 5.92 Å². The minimum atomic E-state index is 0.438. The first-order valence-electron chi connectivity index (χ1n) is 7.21. The summed E-state index contributed by atoms with van der Waals surface area (Å²) in [6.45, 7) is 1.55. The number of aromatic nitrogens is 1. The van der Waals surface area contributed by atoms with E-state index in [-0.39, 0.29) is 0 Å². The molecule has 18 heavy (non-hydrogen) atoms. The Hall–Kier alpha value is -1.03. The molecule has 1 aromatic rings. The molecule has 0 saturated heterocycles. The number of ether oxygens (including phenoxy) is 1. The van der Waals surface area contributed by atoms with Gasteiger partial charge in [-0.1, -0.05) is 19.3 Å². The van der Waals surface area contributed by atoms with Crippen LogP contribution in [0.25, 0.3) is 0 Å². The van der Waals surface area contributed by atoms with E-state index in [0.29, 0.717) is 18.0 Å². The molecule has 0 amide bonds. The summed E-state index contributed by atoms with van der Waals surface area (Å²) in [7, 11) is 0. The van der Waals surface area contributed by atoms with Gasteiger partial charge in [-0.05, 0) is 31.6 Å². The Morgan fingerprint density at radius 3 is 2.83 bits per heavy atom. The van der Waals surface area contributed by atoms with Gasteiger partial charge in [0.1, 0.15) is 6.26 Å². The zero-order valence-electron chi connectivity index (χ0n) is 10.9. The number of nitrogens with one attached hydrogen (secondary N) is 1. The molecule has 2 fully saturated rings. The highest BCUT2D eigenvalue weighted by atomic mass is 16.6. The molecule has 0 aliphatic heterocycles. The number of hydrogen-bond acceptors (Lipinski definition) is 4. The molecule has 4 heteroatoms. The SMILES string of the molecule is c1oc(OCC2CCCCC2)nc1CNC1CC1. The van der Waals surface area contributed by atoms with E-state index in [1.54, 1.807) is 6.26 Å². The van der Waals surface area contributed by atoms with Gasteiger partial charge >= 0.3 is 6.08 Å². The van der Waals surface area contributed by atoms with Crippen LogP contribution in [-0.4, -0.2) is 17.6 Å². The van der Waals surface area contributed by atoms with Crippen LogP contribution >= 0.6 is 0 Å². The normalized spacial score (nSPS) is 21.1. The first kappa shape index (κ1) is 12.0. The molecule has 1 heterocycles. The van der Waals surface area contributed by atoms with Crippen LogP contribution in [0.2, 0.25) is 0 Å². The Labute approximate surface area is 108 Å². The summed E-state index contributed by atoms with van der Waals surface area (Å²) in [6, 6.07) is 0.702. The van der Waals surface area contributed by atoms with E-state index in [0.717, 1.165) is 18.8 Å². The van der Waals surface area contributed by atoms with E-state index >= 15 is 0 Å². The lowest BCUT2D eigenvalue weighted by molar-refractivity contribution is 0.165. The molecule has 3 rings (SSSR count). The number of hydrogen-bond donors (Lipinski definition) is 1. The quantitative estimate of drug-likeness (QED) is 0.843. The van der Waals surface area contributed by atoms with Gasteiger partial charge in [0, 0.05) is 12.6 Å². The molecule has 0 unspecified atom stereocenters. The van der Waals surface area contributed by atoms with Crippen LogP contribution in [0.3, 0.4) is 0 Å². The molecule has 0 aromatic carbocycles. The fraction of sp³-hybridized carbons (Fsp3) is 0.786. The van der Waals surface area contributed by atoms with Gasteiger partial charge in [0.05, 0.1) is 12.3 Å². The molecular weight excluding hydrogens is 228 g/mol. The summed E-state index contributed by atoms with van der Waals surface area (Å²) in [6.07, 6.45) is 11.4. The minimum absolute atomic E-state index is 0.438. The Morgan fingerprint density at radius 1 is 1.22 bits per heavy atom. The highest BCUT2D eigenvalue weighted by molar-refractivity contribution is 5.00. The van der Waals surface area contributed by atoms with E-state index in [1.807, 2.05) is 0 Å². The topological polar surface area (TPSA) is 47.3 Å². The Morgan fingerprint density at radius 2 is 2.06 bits per heavy atom. The number of nitrogens with zero attached hydrogens (tertiary/aromatic N) is 1. The predicted molar refractivity (Wildman–Crippen MR) is 68.4 cm³/mol. The van der Waals surface area contributed by atoms with Gasteiger partial charge in [-0.3, -0.25) is 0 Å². The van der Waals surface area contributed by atoms with Crippen LogP contribution in [0.15, 0.2) is 10.7 Å².